The lowest BCUT2D eigenvalue weighted by Gasteiger charge is -2.22. The summed E-state index contributed by atoms with van der Waals surface area (Å²) in [6.45, 7) is 0. The van der Waals surface area contributed by atoms with Crippen molar-refractivity contribution < 1.29 is 8.42 Å². The zero-order valence-corrected chi connectivity index (χ0v) is 13.0. The standard InChI is InChI=1S/C13H18ClNO2S2/c14-11-7-8-12(18-11)19(16,17)15-13-9-3-1-2-4-10(13)6-5-9/h7-10,13,15H,1-6H2. The molecule has 19 heavy (non-hydrogen) atoms. The van der Waals surface area contributed by atoms with Crippen molar-refractivity contribution in [1.29, 1.82) is 0 Å². The monoisotopic (exact) mass is 319 g/mol. The number of halogens is 1. The van der Waals surface area contributed by atoms with E-state index >= 15 is 0 Å². The summed E-state index contributed by atoms with van der Waals surface area (Å²) in [4.78, 5) is 0. The number of hydrogen-bond acceptors (Lipinski definition) is 3. The van der Waals surface area contributed by atoms with E-state index < -0.39 is 10.0 Å². The van der Waals surface area contributed by atoms with Crippen molar-refractivity contribution in [1.82, 2.24) is 4.72 Å². The highest BCUT2D eigenvalue weighted by Crippen LogP contribution is 2.41. The minimum atomic E-state index is -3.40. The first-order chi connectivity index (χ1) is 9.06. The van der Waals surface area contributed by atoms with E-state index in [1.54, 1.807) is 12.1 Å². The highest BCUT2D eigenvalue weighted by molar-refractivity contribution is 7.91. The van der Waals surface area contributed by atoms with Gasteiger partial charge < -0.3 is 0 Å². The lowest BCUT2D eigenvalue weighted by molar-refractivity contribution is 0.382. The highest BCUT2D eigenvalue weighted by Gasteiger charge is 2.39. The van der Waals surface area contributed by atoms with Gasteiger partial charge in [-0.05, 0) is 49.7 Å². The lowest BCUT2D eigenvalue weighted by atomic mass is 9.98. The van der Waals surface area contributed by atoms with Crippen molar-refractivity contribution in [3.8, 4) is 0 Å². The first kappa shape index (κ1) is 13.9. The van der Waals surface area contributed by atoms with Gasteiger partial charge in [0.1, 0.15) is 4.21 Å². The minimum Gasteiger partial charge on any atom is -0.207 e. The predicted molar refractivity (Wildman–Crippen MR) is 78.1 cm³/mol. The lowest BCUT2D eigenvalue weighted by Crippen LogP contribution is -2.40. The molecule has 2 unspecified atom stereocenters. The van der Waals surface area contributed by atoms with Gasteiger partial charge in [-0.3, -0.25) is 0 Å². The Morgan fingerprint density at radius 1 is 1.11 bits per heavy atom. The van der Waals surface area contributed by atoms with Crippen molar-refractivity contribution in [2.75, 3.05) is 0 Å². The van der Waals surface area contributed by atoms with E-state index in [9.17, 15) is 8.42 Å². The van der Waals surface area contributed by atoms with Crippen LogP contribution in [0.2, 0.25) is 4.34 Å². The highest BCUT2D eigenvalue weighted by atomic mass is 35.5. The molecule has 2 bridgehead atoms. The smallest absolute Gasteiger partial charge is 0.207 e. The molecular formula is C13H18ClNO2S2. The molecule has 2 aliphatic rings. The summed E-state index contributed by atoms with van der Waals surface area (Å²) < 4.78 is 28.6. The molecule has 1 heterocycles. The number of fused-ring (bicyclic) bond motifs is 2. The van der Waals surface area contributed by atoms with Crippen LogP contribution in [0.3, 0.4) is 0 Å². The average Bonchev–Trinajstić information content (AvgIpc) is 2.84. The Balaban J connectivity index is 1.80. The second kappa shape index (κ2) is 5.35. The summed E-state index contributed by atoms with van der Waals surface area (Å²) in [5.41, 5.74) is 0. The molecule has 1 N–H and O–H groups in total. The van der Waals surface area contributed by atoms with Gasteiger partial charge in [0.25, 0.3) is 0 Å². The van der Waals surface area contributed by atoms with Crippen LogP contribution in [0.5, 0.6) is 0 Å². The van der Waals surface area contributed by atoms with E-state index in [1.807, 2.05) is 0 Å². The quantitative estimate of drug-likeness (QED) is 0.924. The van der Waals surface area contributed by atoms with Gasteiger partial charge in [-0.2, -0.15) is 0 Å². The molecule has 0 amide bonds. The topological polar surface area (TPSA) is 46.2 Å². The Hall–Kier alpha value is -0.100. The molecule has 1 aromatic rings. The molecule has 0 aliphatic heterocycles. The third kappa shape index (κ3) is 2.84. The number of hydrogen-bond donors (Lipinski definition) is 1. The zero-order chi connectivity index (χ0) is 13.5. The van der Waals surface area contributed by atoms with Gasteiger partial charge in [-0.15, -0.1) is 11.3 Å². The van der Waals surface area contributed by atoms with Crippen LogP contribution in [-0.2, 0) is 10.0 Å². The van der Waals surface area contributed by atoms with Crippen LogP contribution < -0.4 is 4.72 Å². The van der Waals surface area contributed by atoms with Gasteiger partial charge in [0.15, 0.2) is 0 Å². The number of rotatable bonds is 3. The van der Waals surface area contributed by atoms with E-state index in [1.165, 1.54) is 25.7 Å². The molecule has 1 aromatic heterocycles. The minimum absolute atomic E-state index is 0.133. The van der Waals surface area contributed by atoms with Gasteiger partial charge >= 0.3 is 0 Å². The maximum Gasteiger partial charge on any atom is 0.250 e. The van der Waals surface area contributed by atoms with Crippen LogP contribution in [0.15, 0.2) is 16.3 Å². The van der Waals surface area contributed by atoms with Crippen molar-refractivity contribution in [3.05, 3.63) is 16.5 Å². The van der Waals surface area contributed by atoms with E-state index in [0.717, 1.165) is 24.2 Å². The van der Waals surface area contributed by atoms with E-state index in [-0.39, 0.29) is 6.04 Å². The van der Waals surface area contributed by atoms with Crippen molar-refractivity contribution in [2.45, 2.75) is 48.8 Å². The molecule has 0 aromatic carbocycles. The summed E-state index contributed by atoms with van der Waals surface area (Å²) in [6.07, 6.45) is 7.14. The molecule has 2 aliphatic carbocycles. The SMILES string of the molecule is O=S(=O)(NC1C2CCCCC1CC2)c1ccc(Cl)s1. The first-order valence-corrected chi connectivity index (χ1v) is 9.52. The Morgan fingerprint density at radius 3 is 2.26 bits per heavy atom. The second-order valence-corrected chi connectivity index (χ2v) is 9.24. The molecule has 3 nitrogen and oxygen atoms in total. The van der Waals surface area contributed by atoms with E-state index in [2.05, 4.69) is 4.72 Å². The zero-order valence-electron chi connectivity index (χ0n) is 10.6. The van der Waals surface area contributed by atoms with Gasteiger partial charge in [0.05, 0.1) is 4.34 Å². The summed E-state index contributed by atoms with van der Waals surface area (Å²) >= 11 is 6.96. The average molecular weight is 320 g/mol. The number of sulfonamides is 1. The van der Waals surface area contributed by atoms with Crippen LogP contribution in [0, 0.1) is 11.8 Å². The van der Waals surface area contributed by atoms with Crippen molar-refractivity contribution >= 4 is 33.0 Å². The molecular weight excluding hydrogens is 302 g/mol. The number of thiophene rings is 1. The first-order valence-electron chi connectivity index (χ1n) is 6.84. The summed E-state index contributed by atoms with van der Waals surface area (Å²) in [5.74, 6) is 1.05. The number of nitrogens with one attached hydrogen (secondary N) is 1. The summed E-state index contributed by atoms with van der Waals surface area (Å²) in [7, 11) is -3.40. The predicted octanol–water partition coefficient (Wildman–Crippen LogP) is 3.65. The van der Waals surface area contributed by atoms with E-state index in [4.69, 9.17) is 11.6 Å². The fraction of sp³-hybridized carbons (Fsp3) is 0.692. The molecule has 0 saturated heterocycles. The molecule has 6 heteroatoms. The molecule has 0 spiro atoms. The Labute approximate surface area is 123 Å². The fourth-order valence-electron chi connectivity index (χ4n) is 3.50. The van der Waals surface area contributed by atoms with Gasteiger partial charge in [0, 0.05) is 6.04 Å². The maximum atomic E-state index is 12.4. The van der Waals surface area contributed by atoms with Gasteiger partial charge in [0.2, 0.25) is 10.0 Å². The third-order valence-electron chi connectivity index (χ3n) is 4.43. The van der Waals surface area contributed by atoms with Crippen molar-refractivity contribution in [2.24, 2.45) is 11.8 Å². The van der Waals surface area contributed by atoms with Crippen LogP contribution in [0.1, 0.15) is 38.5 Å². The molecule has 2 saturated carbocycles. The summed E-state index contributed by atoms with van der Waals surface area (Å²) in [5, 5.41) is 0. The fourth-order valence-corrected chi connectivity index (χ4v) is 6.38. The molecule has 2 atom stereocenters. The molecule has 3 rings (SSSR count). The largest absolute Gasteiger partial charge is 0.250 e. The van der Waals surface area contributed by atoms with Crippen LogP contribution in [0.4, 0.5) is 0 Å². The Kier molecular flexibility index (Phi) is 3.91. The second-order valence-electron chi connectivity index (χ2n) is 5.59. The Bertz CT molecular complexity index is 541. The van der Waals surface area contributed by atoms with Gasteiger partial charge in [-0.1, -0.05) is 24.4 Å². The third-order valence-corrected chi connectivity index (χ3v) is 7.61. The van der Waals surface area contributed by atoms with Crippen LogP contribution in [0.25, 0.3) is 0 Å². The van der Waals surface area contributed by atoms with Crippen LogP contribution >= 0.6 is 22.9 Å². The molecule has 106 valence electrons. The van der Waals surface area contributed by atoms with Gasteiger partial charge in [-0.25, -0.2) is 13.1 Å². The summed E-state index contributed by atoms with van der Waals surface area (Å²) in [6, 6.07) is 3.37. The van der Waals surface area contributed by atoms with E-state index in [0.29, 0.717) is 20.4 Å². The molecule has 0 radical (unpaired) electrons. The molecule has 2 fully saturated rings. The Morgan fingerprint density at radius 2 is 1.74 bits per heavy atom. The maximum absolute atomic E-state index is 12.4. The normalized spacial score (nSPS) is 31.3. The van der Waals surface area contributed by atoms with Crippen LogP contribution in [-0.4, -0.2) is 14.5 Å². The van der Waals surface area contributed by atoms with Crippen molar-refractivity contribution in [3.63, 3.8) is 0 Å².